The van der Waals surface area contributed by atoms with Gasteiger partial charge in [0.15, 0.2) is 11.5 Å². The van der Waals surface area contributed by atoms with Crippen LogP contribution in [-0.2, 0) is 11.2 Å². The molecule has 0 N–H and O–H groups in total. The van der Waals surface area contributed by atoms with E-state index in [0.717, 1.165) is 56.6 Å². The molecule has 1 aromatic rings. The number of rotatable bonds is 13. The van der Waals surface area contributed by atoms with E-state index >= 15 is 0 Å². The quantitative estimate of drug-likeness (QED) is 0.392. The molecule has 3 aliphatic rings. The molecule has 4 heteroatoms. The van der Waals surface area contributed by atoms with Crippen molar-refractivity contribution in [1.82, 2.24) is 4.90 Å². The Bertz CT molecular complexity index is 670. The lowest BCUT2D eigenvalue weighted by Gasteiger charge is -2.66. The van der Waals surface area contributed by atoms with Gasteiger partial charge in [-0.3, -0.25) is 0 Å². The van der Waals surface area contributed by atoms with Gasteiger partial charge in [0.05, 0.1) is 14.2 Å². The summed E-state index contributed by atoms with van der Waals surface area (Å²) in [6.45, 7) is 9.02. The fourth-order valence-electron chi connectivity index (χ4n) is 5.84. The zero-order chi connectivity index (χ0) is 21.6. The first-order valence-corrected chi connectivity index (χ1v) is 11.9. The number of methoxy groups -OCH3 is 2. The first-order valence-electron chi connectivity index (χ1n) is 11.9. The average Bonchev–Trinajstić information content (AvgIpc) is 2.76. The Hall–Kier alpha value is -1.26. The molecule has 0 unspecified atom stereocenters. The minimum atomic E-state index is 0.547. The number of benzene rings is 1. The van der Waals surface area contributed by atoms with Crippen molar-refractivity contribution in [2.24, 2.45) is 16.7 Å². The molecule has 3 fully saturated rings. The predicted molar refractivity (Wildman–Crippen MR) is 124 cm³/mol. The summed E-state index contributed by atoms with van der Waals surface area (Å²) in [7, 11) is 5.57. The summed E-state index contributed by atoms with van der Waals surface area (Å²) in [5, 5.41) is 0. The Kier molecular flexibility index (Phi) is 8.09. The van der Waals surface area contributed by atoms with E-state index in [1.807, 2.05) is 6.07 Å². The zero-order valence-electron chi connectivity index (χ0n) is 20.0. The summed E-state index contributed by atoms with van der Waals surface area (Å²) in [6, 6.07) is 6.20. The molecular weight excluding hydrogens is 374 g/mol. The highest BCUT2D eigenvalue weighted by atomic mass is 16.5. The van der Waals surface area contributed by atoms with E-state index in [0.29, 0.717) is 10.8 Å². The predicted octanol–water partition coefficient (Wildman–Crippen LogP) is 5.58. The second-order valence-electron chi connectivity index (χ2n) is 10.1. The van der Waals surface area contributed by atoms with Crippen molar-refractivity contribution in [3.8, 4) is 11.5 Å². The minimum absolute atomic E-state index is 0.547. The molecule has 4 nitrogen and oxygen atoms in total. The average molecular weight is 418 g/mol. The lowest BCUT2D eigenvalue weighted by molar-refractivity contribution is -0.172. The normalized spacial score (nSPS) is 24.5. The highest BCUT2D eigenvalue weighted by Gasteiger charge is 2.60. The Morgan fingerprint density at radius 3 is 2.53 bits per heavy atom. The van der Waals surface area contributed by atoms with E-state index in [9.17, 15) is 0 Å². The van der Waals surface area contributed by atoms with Crippen molar-refractivity contribution in [2.45, 2.75) is 65.2 Å². The summed E-state index contributed by atoms with van der Waals surface area (Å²) in [5.41, 5.74) is 2.41. The monoisotopic (exact) mass is 417 g/mol. The molecule has 0 amide bonds. The number of likely N-dealkylation sites (N-methyl/N-ethyl adjacent to an activating group) is 1. The number of nitrogens with zero attached hydrogens (tertiary/aromatic N) is 1. The third-order valence-corrected chi connectivity index (χ3v) is 8.27. The third-order valence-electron chi connectivity index (χ3n) is 8.27. The van der Waals surface area contributed by atoms with Crippen LogP contribution in [0.5, 0.6) is 11.5 Å². The zero-order valence-corrected chi connectivity index (χ0v) is 20.0. The lowest BCUT2D eigenvalue weighted by Crippen LogP contribution is -2.58. The third kappa shape index (κ3) is 5.13. The van der Waals surface area contributed by atoms with Gasteiger partial charge in [0.2, 0.25) is 0 Å². The number of ether oxygens (including phenoxy) is 3. The maximum absolute atomic E-state index is 6.03. The van der Waals surface area contributed by atoms with Crippen LogP contribution in [0.1, 0.15) is 64.4 Å². The van der Waals surface area contributed by atoms with Crippen LogP contribution in [0.4, 0.5) is 0 Å². The van der Waals surface area contributed by atoms with Gasteiger partial charge in [0, 0.05) is 19.8 Å². The summed E-state index contributed by atoms with van der Waals surface area (Å²) >= 11 is 0. The van der Waals surface area contributed by atoms with Crippen molar-refractivity contribution in [3.63, 3.8) is 0 Å². The molecule has 0 aliphatic heterocycles. The second-order valence-corrected chi connectivity index (χ2v) is 10.1. The smallest absolute Gasteiger partial charge is 0.160 e. The Morgan fingerprint density at radius 2 is 1.83 bits per heavy atom. The second kappa shape index (κ2) is 10.4. The first kappa shape index (κ1) is 23.4. The summed E-state index contributed by atoms with van der Waals surface area (Å²) in [4.78, 5) is 2.41. The Morgan fingerprint density at radius 1 is 1.03 bits per heavy atom. The molecule has 170 valence electrons. The van der Waals surface area contributed by atoms with Gasteiger partial charge in [0.25, 0.3) is 0 Å². The van der Waals surface area contributed by atoms with Crippen molar-refractivity contribution in [1.29, 1.82) is 0 Å². The molecule has 30 heavy (non-hydrogen) atoms. The number of hydrogen-bond acceptors (Lipinski definition) is 4. The van der Waals surface area contributed by atoms with Gasteiger partial charge in [-0.25, -0.2) is 0 Å². The number of fused-ring (bicyclic) bond motifs is 2. The van der Waals surface area contributed by atoms with Gasteiger partial charge in [-0.1, -0.05) is 26.3 Å². The van der Waals surface area contributed by atoms with E-state index in [1.165, 1.54) is 44.1 Å². The maximum atomic E-state index is 6.03. The Balaban J connectivity index is 1.25. The standard InChI is InChI=1S/C26H43NO3/c1-25(2)22-9-8-13-26(25,20-22)14-18-30-17-7-6-15-27(3)16-12-21-10-11-23(28-4)24(19-21)29-5/h10-11,19,22H,6-9,12-18,20H2,1-5H3/t22-,26+/m0/s1. The van der Waals surface area contributed by atoms with Gasteiger partial charge in [0.1, 0.15) is 0 Å². The molecule has 0 saturated heterocycles. The van der Waals surface area contributed by atoms with E-state index < -0.39 is 0 Å². The van der Waals surface area contributed by atoms with Crippen LogP contribution in [0.15, 0.2) is 18.2 Å². The SMILES string of the molecule is COc1ccc(CCN(C)CCCCOCC[C@]23CCC[C@@H](C2)C3(C)C)cc1OC. The molecule has 2 bridgehead atoms. The molecule has 4 rings (SSSR count). The first-order chi connectivity index (χ1) is 14.4. The summed E-state index contributed by atoms with van der Waals surface area (Å²) in [5.74, 6) is 2.57. The molecule has 0 radical (unpaired) electrons. The van der Waals surface area contributed by atoms with Crippen molar-refractivity contribution in [2.75, 3.05) is 47.6 Å². The highest BCUT2D eigenvalue weighted by molar-refractivity contribution is 5.42. The topological polar surface area (TPSA) is 30.9 Å². The largest absolute Gasteiger partial charge is 0.493 e. The minimum Gasteiger partial charge on any atom is -0.493 e. The fourth-order valence-corrected chi connectivity index (χ4v) is 5.84. The Labute approximate surface area is 184 Å². The van der Waals surface area contributed by atoms with Gasteiger partial charge < -0.3 is 19.1 Å². The lowest BCUT2D eigenvalue weighted by atomic mass is 9.39. The molecule has 3 saturated carbocycles. The van der Waals surface area contributed by atoms with Crippen LogP contribution >= 0.6 is 0 Å². The molecule has 0 heterocycles. The fraction of sp³-hybridized carbons (Fsp3) is 0.769. The van der Waals surface area contributed by atoms with E-state index in [2.05, 4.69) is 37.9 Å². The number of hydrogen-bond donors (Lipinski definition) is 0. The van der Waals surface area contributed by atoms with Gasteiger partial charge in [-0.2, -0.15) is 0 Å². The highest BCUT2D eigenvalue weighted by Crippen LogP contribution is 2.69. The van der Waals surface area contributed by atoms with Crippen LogP contribution in [-0.4, -0.2) is 52.5 Å². The maximum Gasteiger partial charge on any atom is 0.160 e. The number of unbranched alkanes of at least 4 members (excludes halogenated alkanes) is 1. The molecule has 0 spiro atoms. The van der Waals surface area contributed by atoms with E-state index in [4.69, 9.17) is 14.2 Å². The van der Waals surface area contributed by atoms with Crippen LogP contribution < -0.4 is 9.47 Å². The van der Waals surface area contributed by atoms with Crippen LogP contribution in [0, 0.1) is 16.7 Å². The molecule has 0 aromatic heterocycles. The van der Waals surface area contributed by atoms with Gasteiger partial charge in [-0.05, 0) is 93.0 Å². The summed E-state index contributed by atoms with van der Waals surface area (Å²) < 4.78 is 16.8. The summed E-state index contributed by atoms with van der Waals surface area (Å²) in [6.07, 6.45) is 10.4. The van der Waals surface area contributed by atoms with E-state index in [1.54, 1.807) is 14.2 Å². The van der Waals surface area contributed by atoms with Crippen molar-refractivity contribution < 1.29 is 14.2 Å². The van der Waals surface area contributed by atoms with Crippen LogP contribution in [0.3, 0.4) is 0 Å². The molecule has 3 aliphatic carbocycles. The van der Waals surface area contributed by atoms with E-state index in [-0.39, 0.29) is 0 Å². The molecular formula is C26H43NO3. The molecule has 2 atom stereocenters. The van der Waals surface area contributed by atoms with Gasteiger partial charge in [-0.15, -0.1) is 0 Å². The van der Waals surface area contributed by atoms with Crippen LogP contribution in [0.25, 0.3) is 0 Å². The molecule has 1 aromatic carbocycles. The van der Waals surface area contributed by atoms with Gasteiger partial charge >= 0.3 is 0 Å². The van der Waals surface area contributed by atoms with Crippen molar-refractivity contribution >= 4 is 0 Å². The van der Waals surface area contributed by atoms with Crippen LogP contribution in [0.2, 0.25) is 0 Å². The van der Waals surface area contributed by atoms with Crippen molar-refractivity contribution in [3.05, 3.63) is 23.8 Å².